The minimum Gasteiger partial charge on any atom is -0.341 e. The molecule has 0 bridgehead atoms. The van der Waals surface area contributed by atoms with Crippen molar-refractivity contribution >= 4 is 40.7 Å². The maximum atomic E-state index is 12.7. The number of amides is 1. The second-order valence-electron chi connectivity index (χ2n) is 7.22. The lowest BCUT2D eigenvalue weighted by molar-refractivity contribution is -0.131. The number of carbonyl (C=O) groups is 1. The predicted octanol–water partition coefficient (Wildman–Crippen LogP) is 0.952. The van der Waals surface area contributed by atoms with Gasteiger partial charge < -0.3 is 10.6 Å². The molecule has 0 spiro atoms. The lowest BCUT2D eigenvalue weighted by atomic mass is 10.1. The average Bonchev–Trinajstić information content (AvgIpc) is 3.12. The molecule has 2 N–H and O–H groups in total. The van der Waals surface area contributed by atoms with E-state index in [9.17, 15) is 13.2 Å². The summed E-state index contributed by atoms with van der Waals surface area (Å²) >= 11 is 0. The minimum absolute atomic E-state index is 0. The van der Waals surface area contributed by atoms with E-state index in [4.69, 9.17) is 5.73 Å². The number of sulfonamides is 1. The Morgan fingerprint density at radius 1 is 1.07 bits per heavy atom. The van der Waals surface area contributed by atoms with Gasteiger partial charge in [0.2, 0.25) is 15.9 Å². The van der Waals surface area contributed by atoms with Gasteiger partial charge in [-0.3, -0.25) is 9.69 Å². The molecule has 2 aliphatic heterocycles. The second kappa shape index (κ2) is 10.8. The van der Waals surface area contributed by atoms with Crippen molar-refractivity contribution in [2.75, 3.05) is 52.4 Å². The summed E-state index contributed by atoms with van der Waals surface area (Å²) < 4.78 is 27.0. The number of piperazine rings is 1. The molecule has 1 aromatic carbocycles. The largest absolute Gasteiger partial charge is 0.341 e. The Kier molecular flexibility index (Phi) is 9.66. The van der Waals surface area contributed by atoms with E-state index >= 15 is 0 Å². The third kappa shape index (κ3) is 5.81. The number of benzene rings is 1. The highest BCUT2D eigenvalue weighted by Crippen LogP contribution is 2.19. The number of nitrogens with two attached hydrogens (primary N) is 1. The van der Waals surface area contributed by atoms with E-state index in [-0.39, 0.29) is 30.7 Å². The number of hydrogen-bond donors (Lipinski definition) is 1. The summed E-state index contributed by atoms with van der Waals surface area (Å²) in [7, 11) is -3.46. The monoisotopic (exact) mass is 452 g/mol. The molecule has 1 atom stereocenters. The Hall–Kier alpha value is -0.900. The third-order valence-electron chi connectivity index (χ3n) is 5.32. The van der Waals surface area contributed by atoms with Crippen molar-refractivity contribution in [3.05, 3.63) is 29.8 Å². The summed E-state index contributed by atoms with van der Waals surface area (Å²) in [6.45, 7) is 6.41. The van der Waals surface area contributed by atoms with Gasteiger partial charge in [0.15, 0.2) is 0 Å². The molecular formula is C18H30Cl2N4O3S. The smallest absolute Gasteiger partial charge is 0.243 e. The number of halogens is 2. The third-order valence-corrected chi connectivity index (χ3v) is 7.23. The number of carbonyl (C=O) groups excluding carboxylic acids is 1. The standard InChI is InChI=1S/C18H28N4O3S.2ClH/c1-15-2-4-17(5-3-15)26(24,25)22-10-8-20(9-11-22)14-18(23)21-7-6-16(12-19)13-21;;/h2-5,16H,6-14,19H2,1H3;2*1H. The molecule has 28 heavy (non-hydrogen) atoms. The highest BCUT2D eigenvalue weighted by atomic mass is 35.5. The second-order valence-corrected chi connectivity index (χ2v) is 9.16. The van der Waals surface area contributed by atoms with Crippen LogP contribution in [0.4, 0.5) is 0 Å². The molecule has 1 unspecified atom stereocenters. The fourth-order valence-corrected chi connectivity index (χ4v) is 4.95. The SMILES string of the molecule is Cc1ccc(S(=O)(=O)N2CCN(CC(=O)N3CCC(CN)C3)CC2)cc1.Cl.Cl. The molecule has 160 valence electrons. The summed E-state index contributed by atoms with van der Waals surface area (Å²) in [6.07, 6.45) is 0.977. The van der Waals surface area contributed by atoms with E-state index in [1.165, 1.54) is 4.31 Å². The van der Waals surface area contributed by atoms with Gasteiger partial charge in [-0.1, -0.05) is 17.7 Å². The predicted molar refractivity (Wildman–Crippen MR) is 115 cm³/mol. The Balaban J connectivity index is 0.00000196. The number of nitrogens with zero attached hydrogens (tertiary/aromatic N) is 3. The average molecular weight is 453 g/mol. The maximum absolute atomic E-state index is 12.7. The first-order valence-corrected chi connectivity index (χ1v) is 10.6. The van der Waals surface area contributed by atoms with Crippen LogP contribution in [0.25, 0.3) is 0 Å². The zero-order valence-electron chi connectivity index (χ0n) is 16.1. The van der Waals surface area contributed by atoms with Crippen molar-refractivity contribution in [1.29, 1.82) is 0 Å². The van der Waals surface area contributed by atoms with Crippen LogP contribution in [0.5, 0.6) is 0 Å². The van der Waals surface area contributed by atoms with E-state index in [0.717, 1.165) is 25.1 Å². The Labute approximate surface area is 180 Å². The molecule has 2 saturated heterocycles. The normalized spacial score (nSPS) is 21.1. The fraction of sp³-hybridized carbons (Fsp3) is 0.611. The topological polar surface area (TPSA) is 87.0 Å². The highest BCUT2D eigenvalue weighted by molar-refractivity contribution is 7.89. The minimum atomic E-state index is -3.46. The first-order chi connectivity index (χ1) is 12.4. The first-order valence-electron chi connectivity index (χ1n) is 9.17. The molecule has 0 radical (unpaired) electrons. The van der Waals surface area contributed by atoms with Crippen LogP contribution in [-0.4, -0.2) is 80.8 Å². The Morgan fingerprint density at radius 2 is 1.68 bits per heavy atom. The highest BCUT2D eigenvalue weighted by Gasteiger charge is 2.31. The van der Waals surface area contributed by atoms with E-state index < -0.39 is 10.0 Å². The molecule has 1 aromatic rings. The molecule has 10 heteroatoms. The van der Waals surface area contributed by atoms with Gasteiger partial charge in [-0.05, 0) is 37.9 Å². The van der Waals surface area contributed by atoms with Crippen molar-refractivity contribution < 1.29 is 13.2 Å². The van der Waals surface area contributed by atoms with Crippen LogP contribution in [0.2, 0.25) is 0 Å². The molecule has 0 saturated carbocycles. The van der Waals surface area contributed by atoms with Crippen molar-refractivity contribution in [2.45, 2.75) is 18.2 Å². The number of hydrogen-bond acceptors (Lipinski definition) is 5. The molecule has 2 fully saturated rings. The maximum Gasteiger partial charge on any atom is 0.243 e. The summed E-state index contributed by atoms with van der Waals surface area (Å²) in [4.78, 5) is 16.7. The van der Waals surface area contributed by atoms with Gasteiger partial charge in [0.25, 0.3) is 0 Å². The van der Waals surface area contributed by atoms with E-state index in [1.54, 1.807) is 12.1 Å². The number of rotatable bonds is 5. The van der Waals surface area contributed by atoms with Crippen molar-refractivity contribution in [2.24, 2.45) is 11.7 Å². The van der Waals surface area contributed by atoms with Crippen LogP contribution in [0.3, 0.4) is 0 Å². The molecule has 3 rings (SSSR count). The quantitative estimate of drug-likeness (QED) is 0.718. The van der Waals surface area contributed by atoms with Crippen LogP contribution >= 0.6 is 24.8 Å². The molecule has 0 aromatic heterocycles. The summed E-state index contributed by atoms with van der Waals surface area (Å²) in [6, 6.07) is 6.93. The van der Waals surface area contributed by atoms with E-state index in [2.05, 4.69) is 0 Å². The molecule has 2 aliphatic rings. The van der Waals surface area contributed by atoms with E-state index in [1.807, 2.05) is 28.9 Å². The zero-order valence-corrected chi connectivity index (χ0v) is 18.6. The van der Waals surface area contributed by atoms with E-state index in [0.29, 0.717) is 50.1 Å². The Bertz CT molecular complexity index is 738. The number of likely N-dealkylation sites (tertiary alicyclic amines) is 1. The number of aryl methyl sites for hydroxylation is 1. The first kappa shape index (κ1) is 25.1. The molecule has 2 heterocycles. The van der Waals surface area contributed by atoms with Gasteiger partial charge in [0.1, 0.15) is 0 Å². The molecule has 7 nitrogen and oxygen atoms in total. The van der Waals surface area contributed by atoms with Gasteiger partial charge in [0, 0.05) is 39.3 Å². The lowest BCUT2D eigenvalue weighted by Crippen LogP contribution is -2.51. The fourth-order valence-electron chi connectivity index (χ4n) is 3.53. The molecule has 1 amide bonds. The van der Waals surface area contributed by atoms with Crippen LogP contribution < -0.4 is 5.73 Å². The van der Waals surface area contributed by atoms with Crippen LogP contribution in [0.15, 0.2) is 29.2 Å². The van der Waals surface area contributed by atoms with Gasteiger partial charge >= 0.3 is 0 Å². The van der Waals surface area contributed by atoms with Crippen molar-refractivity contribution in [1.82, 2.24) is 14.1 Å². The molecular weight excluding hydrogens is 423 g/mol. The summed E-state index contributed by atoms with van der Waals surface area (Å²) in [5, 5.41) is 0. The van der Waals surface area contributed by atoms with Gasteiger partial charge in [0.05, 0.1) is 11.4 Å². The zero-order chi connectivity index (χ0) is 18.7. The van der Waals surface area contributed by atoms with Crippen molar-refractivity contribution in [3.8, 4) is 0 Å². The van der Waals surface area contributed by atoms with Crippen LogP contribution in [-0.2, 0) is 14.8 Å². The van der Waals surface area contributed by atoms with Gasteiger partial charge in [-0.15, -0.1) is 24.8 Å². The summed E-state index contributed by atoms with van der Waals surface area (Å²) in [5.74, 6) is 0.534. The van der Waals surface area contributed by atoms with Gasteiger partial charge in [-0.2, -0.15) is 4.31 Å². The van der Waals surface area contributed by atoms with Crippen LogP contribution in [0.1, 0.15) is 12.0 Å². The van der Waals surface area contributed by atoms with Crippen LogP contribution in [0, 0.1) is 12.8 Å². The molecule has 0 aliphatic carbocycles. The lowest BCUT2D eigenvalue weighted by Gasteiger charge is -2.34. The summed E-state index contributed by atoms with van der Waals surface area (Å²) in [5.41, 5.74) is 6.72. The van der Waals surface area contributed by atoms with Gasteiger partial charge in [-0.25, -0.2) is 8.42 Å². The Morgan fingerprint density at radius 3 is 2.21 bits per heavy atom. The van der Waals surface area contributed by atoms with Crippen molar-refractivity contribution in [3.63, 3.8) is 0 Å².